The summed E-state index contributed by atoms with van der Waals surface area (Å²) >= 11 is 0. The van der Waals surface area contributed by atoms with Gasteiger partial charge in [0, 0.05) is 19.5 Å². The average molecular weight is 496 g/mol. The number of ether oxygens (including phenoxy) is 2. The predicted molar refractivity (Wildman–Crippen MR) is 132 cm³/mol. The summed E-state index contributed by atoms with van der Waals surface area (Å²) < 4.78 is 39.8. The first-order chi connectivity index (χ1) is 17.4. The van der Waals surface area contributed by atoms with Crippen LogP contribution in [-0.2, 0) is 24.1 Å². The van der Waals surface area contributed by atoms with E-state index in [1.807, 2.05) is 18.2 Å². The normalized spacial score (nSPS) is 24.2. The lowest BCUT2D eigenvalue weighted by Gasteiger charge is -2.46. The molecule has 0 amide bonds. The lowest BCUT2D eigenvalue weighted by Crippen LogP contribution is -2.59. The number of aryl methyl sites for hydroxylation is 2. The number of β-amino-alcohol motifs (C(OH)–C–C–N with tert-alkyl or cyclic N) is 1. The molecule has 5 rings (SSSR count). The van der Waals surface area contributed by atoms with E-state index >= 15 is 0 Å². The maximum absolute atomic E-state index is 13.6. The van der Waals surface area contributed by atoms with E-state index in [0.29, 0.717) is 63.1 Å². The third kappa shape index (κ3) is 5.86. The van der Waals surface area contributed by atoms with Gasteiger partial charge in [-0.1, -0.05) is 30.3 Å². The van der Waals surface area contributed by atoms with E-state index in [0.717, 1.165) is 11.1 Å². The van der Waals surface area contributed by atoms with Gasteiger partial charge < -0.3 is 19.7 Å². The van der Waals surface area contributed by atoms with Crippen LogP contribution in [0, 0.1) is 11.6 Å². The molecule has 3 atom stereocenters. The summed E-state index contributed by atoms with van der Waals surface area (Å²) in [6.45, 7) is 1.56. The molecule has 7 heteroatoms. The lowest BCUT2D eigenvalue weighted by molar-refractivity contribution is -0.285. The second-order valence-electron chi connectivity index (χ2n) is 9.83. The number of aromatic hydroxyl groups is 1. The second-order valence-corrected chi connectivity index (χ2v) is 9.83. The van der Waals surface area contributed by atoms with E-state index in [2.05, 4.69) is 17.0 Å². The van der Waals surface area contributed by atoms with Gasteiger partial charge in [0.05, 0.1) is 6.54 Å². The molecule has 0 aromatic heterocycles. The van der Waals surface area contributed by atoms with Crippen LogP contribution in [0.1, 0.15) is 36.0 Å². The van der Waals surface area contributed by atoms with Gasteiger partial charge in [0.15, 0.2) is 5.79 Å². The Balaban J connectivity index is 1.31. The first kappa shape index (κ1) is 24.7. The molecule has 0 bridgehead atoms. The quantitative estimate of drug-likeness (QED) is 0.484. The summed E-state index contributed by atoms with van der Waals surface area (Å²) in [5, 5.41) is 21.6. The Morgan fingerprint density at radius 3 is 2.58 bits per heavy atom. The second kappa shape index (κ2) is 10.5. The van der Waals surface area contributed by atoms with Crippen molar-refractivity contribution < 1.29 is 28.5 Å². The Morgan fingerprint density at radius 1 is 0.972 bits per heavy atom. The van der Waals surface area contributed by atoms with Crippen LogP contribution in [0.3, 0.4) is 0 Å². The predicted octanol–water partition coefficient (Wildman–Crippen LogP) is 4.98. The fourth-order valence-electron chi connectivity index (χ4n) is 5.27. The molecule has 2 heterocycles. The zero-order chi connectivity index (χ0) is 25.1. The fraction of sp³-hybridized carbons (Fsp3) is 0.379. The minimum Gasteiger partial charge on any atom is -0.508 e. The molecule has 36 heavy (non-hydrogen) atoms. The molecule has 0 spiro atoms. The van der Waals surface area contributed by atoms with E-state index in [-0.39, 0.29) is 23.8 Å². The van der Waals surface area contributed by atoms with Gasteiger partial charge in [-0.15, -0.1) is 0 Å². The Kier molecular flexibility index (Phi) is 7.23. The standard InChI is InChI=1S/C29H31F2NO4/c30-23-9-11-25(33)21(15-23)7-4-14-29(34)19-32(17-20-5-2-1-3-6-20)18-28(36-29)27-12-8-22-16-24(31)10-13-26(22)35-27/h1-3,5-6,9-11,13,15-16,27-28,33-34H,4,7-8,12,14,17-19H2. The van der Waals surface area contributed by atoms with Gasteiger partial charge in [-0.05, 0) is 78.8 Å². The highest BCUT2D eigenvalue weighted by Crippen LogP contribution is 2.34. The maximum Gasteiger partial charge on any atom is 0.178 e. The fourth-order valence-corrected chi connectivity index (χ4v) is 5.27. The first-order valence-electron chi connectivity index (χ1n) is 12.5. The molecule has 2 aliphatic heterocycles. The summed E-state index contributed by atoms with van der Waals surface area (Å²) in [7, 11) is 0. The van der Waals surface area contributed by atoms with Crippen LogP contribution in [0.25, 0.3) is 0 Å². The molecule has 2 N–H and O–H groups in total. The minimum atomic E-state index is -1.42. The number of fused-ring (bicyclic) bond motifs is 1. The molecule has 1 fully saturated rings. The van der Waals surface area contributed by atoms with Crippen LogP contribution in [0.2, 0.25) is 0 Å². The van der Waals surface area contributed by atoms with Crippen molar-refractivity contribution in [2.45, 2.75) is 56.6 Å². The molecular formula is C29H31F2NO4. The Morgan fingerprint density at radius 2 is 1.75 bits per heavy atom. The number of halogens is 2. The molecular weight excluding hydrogens is 464 g/mol. The molecule has 0 radical (unpaired) electrons. The number of phenolic OH excluding ortho intramolecular Hbond substituents is 1. The summed E-state index contributed by atoms with van der Waals surface area (Å²) in [4.78, 5) is 2.17. The molecule has 0 saturated carbocycles. The van der Waals surface area contributed by atoms with Crippen LogP contribution >= 0.6 is 0 Å². The van der Waals surface area contributed by atoms with E-state index in [4.69, 9.17) is 9.47 Å². The van der Waals surface area contributed by atoms with Gasteiger partial charge in [0.1, 0.15) is 35.3 Å². The van der Waals surface area contributed by atoms with Crippen molar-refractivity contribution in [2.24, 2.45) is 0 Å². The van der Waals surface area contributed by atoms with Gasteiger partial charge >= 0.3 is 0 Å². The first-order valence-corrected chi connectivity index (χ1v) is 12.5. The van der Waals surface area contributed by atoms with Crippen molar-refractivity contribution in [3.63, 3.8) is 0 Å². The van der Waals surface area contributed by atoms with Crippen molar-refractivity contribution >= 4 is 0 Å². The summed E-state index contributed by atoms with van der Waals surface area (Å²) in [6.07, 6.45) is 1.92. The molecule has 3 unspecified atom stereocenters. The maximum atomic E-state index is 13.6. The molecule has 0 aliphatic carbocycles. The molecule has 2 aliphatic rings. The van der Waals surface area contributed by atoms with Gasteiger partial charge in [-0.3, -0.25) is 4.90 Å². The smallest absolute Gasteiger partial charge is 0.178 e. The van der Waals surface area contributed by atoms with Gasteiger partial charge in [0.25, 0.3) is 0 Å². The number of hydrogen-bond acceptors (Lipinski definition) is 5. The van der Waals surface area contributed by atoms with Crippen LogP contribution < -0.4 is 4.74 Å². The van der Waals surface area contributed by atoms with Crippen molar-refractivity contribution in [2.75, 3.05) is 13.1 Å². The van der Waals surface area contributed by atoms with Crippen LogP contribution in [-0.4, -0.2) is 46.2 Å². The van der Waals surface area contributed by atoms with Crippen molar-refractivity contribution in [3.8, 4) is 11.5 Å². The SMILES string of the molecule is Oc1ccc(F)cc1CCCC1(O)CN(Cc2ccccc2)CC(C2CCc3cc(F)ccc3O2)O1. The summed E-state index contributed by atoms with van der Waals surface area (Å²) in [6, 6.07) is 18.5. The third-order valence-corrected chi connectivity index (χ3v) is 7.00. The minimum absolute atomic E-state index is 0.0437. The number of nitrogens with zero attached hydrogens (tertiary/aromatic N) is 1. The number of phenols is 1. The van der Waals surface area contributed by atoms with E-state index < -0.39 is 11.6 Å². The number of rotatable bonds is 7. The van der Waals surface area contributed by atoms with Crippen molar-refractivity contribution in [3.05, 3.63) is 95.1 Å². The van der Waals surface area contributed by atoms with Crippen LogP contribution in [0.4, 0.5) is 8.78 Å². The van der Waals surface area contributed by atoms with Crippen molar-refractivity contribution in [1.29, 1.82) is 0 Å². The molecule has 3 aromatic carbocycles. The van der Waals surface area contributed by atoms with Gasteiger partial charge in [-0.25, -0.2) is 8.78 Å². The number of benzene rings is 3. The largest absolute Gasteiger partial charge is 0.508 e. The number of aliphatic hydroxyl groups is 1. The highest BCUT2D eigenvalue weighted by molar-refractivity contribution is 5.36. The monoisotopic (exact) mass is 495 g/mol. The molecule has 190 valence electrons. The third-order valence-electron chi connectivity index (χ3n) is 7.00. The van der Waals surface area contributed by atoms with Crippen LogP contribution in [0.15, 0.2) is 66.7 Å². The van der Waals surface area contributed by atoms with Crippen LogP contribution in [0.5, 0.6) is 11.5 Å². The van der Waals surface area contributed by atoms with Gasteiger partial charge in [-0.2, -0.15) is 0 Å². The Bertz CT molecular complexity index is 1190. The molecule has 5 nitrogen and oxygen atoms in total. The van der Waals surface area contributed by atoms with E-state index in [9.17, 15) is 19.0 Å². The number of hydrogen-bond donors (Lipinski definition) is 2. The number of morpholine rings is 1. The summed E-state index contributed by atoms with van der Waals surface area (Å²) in [5.41, 5.74) is 2.48. The topological polar surface area (TPSA) is 62.2 Å². The van der Waals surface area contributed by atoms with Crippen molar-refractivity contribution in [1.82, 2.24) is 4.90 Å². The Hall–Kier alpha value is -3.00. The zero-order valence-electron chi connectivity index (χ0n) is 20.1. The zero-order valence-corrected chi connectivity index (χ0v) is 20.1. The average Bonchev–Trinajstić information content (AvgIpc) is 2.86. The lowest BCUT2D eigenvalue weighted by atomic mass is 9.95. The Labute approximate surface area is 209 Å². The van der Waals surface area contributed by atoms with E-state index in [1.54, 1.807) is 6.07 Å². The van der Waals surface area contributed by atoms with Gasteiger partial charge in [0.2, 0.25) is 0 Å². The molecule has 1 saturated heterocycles. The highest BCUT2D eigenvalue weighted by Gasteiger charge is 2.43. The summed E-state index contributed by atoms with van der Waals surface area (Å²) in [5.74, 6) is -1.41. The highest BCUT2D eigenvalue weighted by atomic mass is 19.1. The van der Waals surface area contributed by atoms with E-state index in [1.165, 1.54) is 30.3 Å². The molecule has 3 aromatic rings.